The summed E-state index contributed by atoms with van der Waals surface area (Å²) in [5.74, 6) is 6.33. The second kappa shape index (κ2) is 6.33. The lowest BCUT2D eigenvalue weighted by Gasteiger charge is -1.95. The Hall–Kier alpha value is -2.25. The summed E-state index contributed by atoms with van der Waals surface area (Å²) in [5.41, 5.74) is 2.37. The Kier molecular flexibility index (Phi) is 4.03. The van der Waals surface area contributed by atoms with Crippen molar-refractivity contribution in [1.29, 1.82) is 0 Å². The van der Waals surface area contributed by atoms with Gasteiger partial charge in [0.25, 0.3) is 0 Å². The van der Waals surface area contributed by atoms with E-state index in [0.29, 0.717) is 15.7 Å². The number of hydrogen-bond acceptors (Lipinski definition) is 2. The van der Waals surface area contributed by atoms with Gasteiger partial charge in [0.15, 0.2) is 5.65 Å². The number of fused-ring (bicyclic) bond motifs is 1. The molecule has 4 aromatic rings. The third kappa shape index (κ3) is 3.05. The van der Waals surface area contributed by atoms with Crippen molar-refractivity contribution < 1.29 is 0 Å². The van der Waals surface area contributed by atoms with Gasteiger partial charge in [0.2, 0.25) is 0 Å². The summed E-state index contributed by atoms with van der Waals surface area (Å²) in [6.07, 6.45) is 4.92. The molecule has 115 valence electrons. The van der Waals surface area contributed by atoms with Crippen LogP contribution in [0.3, 0.4) is 0 Å². The third-order valence-corrected chi connectivity index (χ3v) is 4.84. The van der Waals surface area contributed by atoms with Gasteiger partial charge in [-0.05, 0) is 30.3 Å². The van der Waals surface area contributed by atoms with Crippen LogP contribution < -0.4 is 0 Å². The average Bonchev–Trinajstić information content (AvgIpc) is 3.20. The number of halogens is 2. The molecule has 0 saturated heterocycles. The average molecular weight is 368 g/mol. The lowest BCUT2D eigenvalue weighted by atomic mass is 10.2. The third-order valence-electron chi connectivity index (χ3n) is 3.35. The minimum Gasteiger partial charge on any atom is -0.295 e. The van der Waals surface area contributed by atoms with Gasteiger partial charge in [0.05, 0.1) is 19.8 Å². The molecule has 1 aromatic carbocycles. The lowest BCUT2D eigenvalue weighted by molar-refractivity contribution is 1.18. The predicted octanol–water partition coefficient (Wildman–Crippen LogP) is 5.57. The molecule has 1 radical (unpaired) electrons. The Morgan fingerprint density at radius 1 is 1.04 bits per heavy atom. The first kappa shape index (κ1) is 15.3. The molecule has 0 amide bonds. The molecule has 0 spiro atoms. The van der Waals surface area contributed by atoms with Gasteiger partial charge in [-0.1, -0.05) is 53.2 Å². The zero-order valence-corrected chi connectivity index (χ0v) is 14.6. The van der Waals surface area contributed by atoms with E-state index in [1.54, 1.807) is 28.0 Å². The van der Waals surface area contributed by atoms with E-state index in [0.717, 1.165) is 21.0 Å². The summed E-state index contributed by atoms with van der Waals surface area (Å²) < 4.78 is 1.72. The van der Waals surface area contributed by atoms with E-state index < -0.39 is 0 Å². The van der Waals surface area contributed by atoms with E-state index in [-0.39, 0.29) is 0 Å². The quantitative estimate of drug-likeness (QED) is 0.402. The minimum absolute atomic E-state index is 0.505. The van der Waals surface area contributed by atoms with E-state index in [1.807, 2.05) is 42.5 Å². The van der Waals surface area contributed by atoms with Crippen molar-refractivity contribution in [1.82, 2.24) is 9.38 Å². The van der Waals surface area contributed by atoms with Gasteiger partial charge >= 0.3 is 0 Å². The van der Waals surface area contributed by atoms with Crippen LogP contribution in [-0.2, 0) is 0 Å². The van der Waals surface area contributed by atoms with Crippen molar-refractivity contribution in [2.75, 3.05) is 0 Å². The topological polar surface area (TPSA) is 17.3 Å². The standard InChI is InChI=1S/C19H9Cl2N2S/c20-14-10-16(21)19-22-17(12-23(19)11-14)18-9-8-15(24-18)7-6-13-4-2-1-3-5-13/h1-5,8-11H. The fourth-order valence-corrected chi connectivity index (χ4v) is 3.57. The summed E-state index contributed by atoms with van der Waals surface area (Å²) in [5, 5.41) is 1.05. The van der Waals surface area contributed by atoms with Crippen LogP contribution in [0.2, 0.25) is 10.0 Å². The molecular weight excluding hydrogens is 359 g/mol. The monoisotopic (exact) mass is 367 g/mol. The smallest absolute Gasteiger partial charge is 0.157 e. The number of benzene rings is 1. The Balaban J connectivity index is 1.68. The summed E-state index contributed by atoms with van der Waals surface area (Å²) in [6.45, 7) is 0. The summed E-state index contributed by atoms with van der Waals surface area (Å²) in [6, 6.07) is 15.6. The zero-order chi connectivity index (χ0) is 16.5. The fraction of sp³-hybridized carbons (Fsp3) is 0. The minimum atomic E-state index is 0.505. The van der Waals surface area contributed by atoms with Crippen LogP contribution in [0, 0.1) is 18.0 Å². The van der Waals surface area contributed by atoms with Crippen LogP contribution in [0.25, 0.3) is 16.2 Å². The largest absolute Gasteiger partial charge is 0.295 e. The SMILES string of the molecule is Clc1cc(Cl)c2nc(-c3ccc(C#Cc4ccccc4)s3)[c]n2c1. The van der Waals surface area contributed by atoms with E-state index >= 15 is 0 Å². The van der Waals surface area contributed by atoms with Crippen LogP contribution >= 0.6 is 34.5 Å². The first-order chi connectivity index (χ1) is 11.7. The number of hydrogen-bond donors (Lipinski definition) is 0. The van der Waals surface area contributed by atoms with Gasteiger partial charge in [-0.15, -0.1) is 11.3 Å². The molecule has 0 aliphatic heterocycles. The molecular formula is C19H9Cl2N2S. The van der Waals surface area contributed by atoms with Gasteiger partial charge in [-0.3, -0.25) is 4.40 Å². The van der Waals surface area contributed by atoms with Crippen molar-refractivity contribution in [3.63, 3.8) is 0 Å². The molecule has 0 saturated carbocycles. The summed E-state index contributed by atoms with van der Waals surface area (Å²) in [7, 11) is 0. The van der Waals surface area contributed by atoms with Crippen LogP contribution in [0.5, 0.6) is 0 Å². The molecule has 5 heteroatoms. The van der Waals surface area contributed by atoms with Crippen LogP contribution in [0.4, 0.5) is 0 Å². The van der Waals surface area contributed by atoms with Gasteiger partial charge in [-0.2, -0.15) is 0 Å². The van der Waals surface area contributed by atoms with Crippen LogP contribution in [-0.4, -0.2) is 9.38 Å². The molecule has 24 heavy (non-hydrogen) atoms. The van der Waals surface area contributed by atoms with Crippen molar-refractivity contribution >= 4 is 40.2 Å². The van der Waals surface area contributed by atoms with Gasteiger partial charge in [0, 0.05) is 11.8 Å². The highest BCUT2D eigenvalue weighted by Gasteiger charge is 2.10. The number of thiophene rings is 1. The molecule has 0 aliphatic rings. The zero-order valence-electron chi connectivity index (χ0n) is 12.3. The number of nitrogens with zero attached hydrogens (tertiary/aromatic N) is 2. The molecule has 2 nitrogen and oxygen atoms in total. The maximum absolute atomic E-state index is 6.18. The first-order valence-corrected chi connectivity index (χ1v) is 8.70. The molecule has 3 heterocycles. The molecule has 3 aromatic heterocycles. The number of pyridine rings is 1. The number of rotatable bonds is 1. The predicted molar refractivity (Wildman–Crippen MR) is 99.8 cm³/mol. The Bertz CT molecular complexity index is 1080. The maximum Gasteiger partial charge on any atom is 0.157 e. The number of imidazole rings is 1. The van der Waals surface area contributed by atoms with E-state index in [9.17, 15) is 0 Å². The van der Waals surface area contributed by atoms with Gasteiger partial charge in [-0.25, -0.2) is 4.98 Å². The van der Waals surface area contributed by atoms with E-state index in [4.69, 9.17) is 23.2 Å². The molecule has 0 bridgehead atoms. The Labute approximate surface area is 153 Å². The molecule has 0 fully saturated rings. The second-order valence-electron chi connectivity index (χ2n) is 5.05. The summed E-state index contributed by atoms with van der Waals surface area (Å²) >= 11 is 13.8. The summed E-state index contributed by atoms with van der Waals surface area (Å²) in [4.78, 5) is 6.50. The molecule has 0 unspecified atom stereocenters. The second-order valence-corrected chi connectivity index (χ2v) is 6.98. The van der Waals surface area contributed by atoms with Crippen molar-refractivity contribution in [3.05, 3.63) is 81.4 Å². The Morgan fingerprint density at radius 3 is 2.71 bits per heavy atom. The van der Waals surface area contributed by atoms with E-state index in [1.165, 1.54) is 0 Å². The number of aromatic nitrogens is 2. The molecule has 4 rings (SSSR count). The molecule has 0 N–H and O–H groups in total. The van der Waals surface area contributed by atoms with Crippen LogP contribution in [0.15, 0.2) is 54.7 Å². The van der Waals surface area contributed by atoms with Crippen molar-refractivity contribution in [2.24, 2.45) is 0 Å². The lowest BCUT2D eigenvalue weighted by Crippen LogP contribution is -1.83. The normalized spacial score (nSPS) is 10.6. The highest BCUT2D eigenvalue weighted by Crippen LogP contribution is 2.29. The van der Waals surface area contributed by atoms with Crippen molar-refractivity contribution in [3.8, 4) is 22.4 Å². The maximum atomic E-state index is 6.18. The van der Waals surface area contributed by atoms with Crippen LogP contribution in [0.1, 0.15) is 10.4 Å². The fourth-order valence-electron chi connectivity index (χ4n) is 2.26. The molecule has 0 atom stereocenters. The van der Waals surface area contributed by atoms with Gasteiger partial charge in [0.1, 0.15) is 11.9 Å². The molecule has 0 aliphatic carbocycles. The van der Waals surface area contributed by atoms with E-state index in [2.05, 4.69) is 23.0 Å². The van der Waals surface area contributed by atoms with Crippen molar-refractivity contribution in [2.45, 2.75) is 0 Å². The van der Waals surface area contributed by atoms with Gasteiger partial charge < -0.3 is 0 Å². The highest BCUT2D eigenvalue weighted by molar-refractivity contribution is 7.16. The Morgan fingerprint density at radius 2 is 1.88 bits per heavy atom. The highest BCUT2D eigenvalue weighted by atomic mass is 35.5. The first-order valence-electron chi connectivity index (χ1n) is 7.13.